The fraction of sp³-hybridized carbons (Fsp3) is 0.190. The molecular formula is C21H20N4OS. The van der Waals surface area contributed by atoms with Crippen LogP contribution in [0, 0.1) is 0 Å². The van der Waals surface area contributed by atoms with Crippen molar-refractivity contribution in [1.82, 2.24) is 14.8 Å². The molecule has 1 amide bonds. The van der Waals surface area contributed by atoms with Crippen LogP contribution in [-0.4, -0.2) is 20.7 Å². The third kappa shape index (κ3) is 3.90. The summed E-state index contributed by atoms with van der Waals surface area (Å²) in [4.78, 5) is 16.9. The van der Waals surface area contributed by atoms with Crippen molar-refractivity contribution in [3.63, 3.8) is 0 Å². The smallest absolute Gasteiger partial charge is 0.231 e. The van der Waals surface area contributed by atoms with Gasteiger partial charge in [-0.15, -0.1) is 11.3 Å². The summed E-state index contributed by atoms with van der Waals surface area (Å²) in [6.07, 6.45) is 2.87. The highest BCUT2D eigenvalue weighted by Gasteiger charge is 2.11. The summed E-state index contributed by atoms with van der Waals surface area (Å²) in [6.45, 7) is 2.66. The number of hydrogen-bond acceptors (Lipinski definition) is 4. The minimum absolute atomic E-state index is 0.0809. The molecule has 2 aromatic heterocycles. The number of amides is 1. The Hall–Kier alpha value is -2.99. The number of aryl methyl sites for hydroxylation is 1. The Morgan fingerprint density at radius 1 is 1.15 bits per heavy atom. The van der Waals surface area contributed by atoms with E-state index in [-0.39, 0.29) is 12.3 Å². The maximum atomic E-state index is 12.4. The molecule has 0 saturated heterocycles. The van der Waals surface area contributed by atoms with E-state index < -0.39 is 0 Å². The molecule has 0 fully saturated rings. The summed E-state index contributed by atoms with van der Waals surface area (Å²) >= 11 is 1.60. The molecule has 0 atom stereocenters. The second-order valence-electron chi connectivity index (χ2n) is 6.32. The van der Waals surface area contributed by atoms with Gasteiger partial charge in [0.05, 0.1) is 29.9 Å². The summed E-state index contributed by atoms with van der Waals surface area (Å²) in [7, 11) is 0. The topological polar surface area (TPSA) is 59.8 Å². The zero-order valence-electron chi connectivity index (χ0n) is 15.1. The van der Waals surface area contributed by atoms with Crippen molar-refractivity contribution in [2.24, 2.45) is 0 Å². The van der Waals surface area contributed by atoms with Crippen LogP contribution in [0.5, 0.6) is 0 Å². The number of nitrogens with zero attached hydrogens (tertiary/aromatic N) is 3. The lowest BCUT2D eigenvalue weighted by Gasteiger charge is -2.11. The van der Waals surface area contributed by atoms with Gasteiger partial charge in [0.1, 0.15) is 5.82 Å². The Balaban J connectivity index is 1.50. The Morgan fingerprint density at radius 2 is 2.00 bits per heavy atom. The number of rotatable bonds is 6. The van der Waals surface area contributed by atoms with Gasteiger partial charge >= 0.3 is 0 Å². The van der Waals surface area contributed by atoms with E-state index in [1.165, 1.54) is 16.3 Å². The van der Waals surface area contributed by atoms with E-state index in [9.17, 15) is 4.79 Å². The number of aromatic nitrogens is 3. The molecule has 27 heavy (non-hydrogen) atoms. The number of nitrogens with one attached hydrogen (secondary N) is 1. The molecule has 1 N–H and O–H groups in total. The van der Waals surface area contributed by atoms with Crippen LogP contribution >= 0.6 is 11.3 Å². The van der Waals surface area contributed by atoms with Gasteiger partial charge in [0.2, 0.25) is 5.91 Å². The molecule has 136 valence electrons. The van der Waals surface area contributed by atoms with Gasteiger partial charge in [0, 0.05) is 11.4 Å². The Bertz CT molecular complexity index is 1080. The maximum Gasteiger partial charge on any atom is 0.231 e. The molecule has 2 heterocycles. The molecular weight excluding hydrogens is 356 g/mol. The average molecular weight is 376 g/mol. The monoisotopic (exact) mass is 376 g/mol. The van der Waals surface area contributed by atoms with E-state index in [1.807, 2.05) is 34.3 Å². The molecule has 0 aliphatic carbocycles. The van der Waals surface area contributed by atoms with Gasteiger partial charge in [-0.05, 0) is 22.8 Å². The molecule has 0 bridgehead atoms. The zero-order valence-corrected chi connectivity index (χ0v) is 15.9. The Kier molecular flexibility index (Phi) is 4.98. The summed E-state index contributed by atoms with van der Waals surface area (Å²) in [5.74, 6) is 0.613. The third-order valence-electron chi connectivity index (χ3n) is 4.43. The van der Waals surface area contributed by atoms with Gasteiger partial charge in [0.15, 0.2) is 0 Å². The van der Waals surface area contributed by atoms with Crippen LogP contribution in [0.4, 0.5) is 5.82 Å². The quantitative estimate of drug-likeness (QED) is 0.546. The first-order chi connectivity index (χ1) is 13.2. The van der Waals surface area contributed by atoms with Crippen LogP contribution in [0.3, 0.4) is 0 Å². The van der Waals surface area contributed by atoms with Gasteiger partial charge in [-0.1, -0.05) is 49.4 Å². The summed E-state index contributed by atoms with van der Waals surface area (Å²) < 4.78 is 1.82. The number of anilines is 1. The van der Waals surface area contributed by atoms with Gasteiger partial charge < -0.3 is 5.32 Å². The van der Waals surface area contributed by atoms with E-state index in [0.717, 1.165) is 17.1 Å². The van der Waals surface area contributed by atoms with E-state index in [2.05, 4.69) is 46.6 Å². The lowest BCUT2D eigenvalue weighted by Crippen LogP contribution is -2.18. The highest BCUT2D eigenvalue weighted by Crippen LogP contribution is 2.21. The van der Waals surface area contributed by atoms with Gasteiger partial charge in [-0.2, -0.15) is 5.10 Å². The van der Waals surface area contributed by atoms with Crippen molar-refractivity contribution < 1.29 is 4.79 Å². The van der Waals surface area contributed by atoms with Crippen molar-refractivity contribution in [3.8, 4) is 0 Å². The molecule has 0 aliphatic rings. The minimum atomic E-state index is -0.0809. The standard InChI is InChI=1S/C21H20N4OS/c1-2-21-23-17(14-27-21)12-20(26)24-19-10-11-22-25(19)13-16-8-5-7-15-6-3-4-9-18(15)16/h3-11,14H,2,12-13H2,1H3,(H,24,26). The Labute approximate surface area is 161 Å². The molecule has 6 heteroatoms. The second kappa shape index (κ2) is 7.72. The van der Waals surface area contributed by atoms with E-state index >= 15 is 0 Å². The average Bonchev–Trinajstić information content (AvgIpc) is 3.31. The highest BCUT2D eigenvalue weighted by atomic mass is 32.1. The van der Waals surface area contributed by atoms with Gasteiger partial charge in [-0.25, -0.2) is 9.67 Å². The van der Waals surface area contributed by atoms with Crippen LogP contribution in [0.1, 0.15) is 23.2 Å². The summed E-state index contributed by atoms with van der Waals surface area (Å²) in [5.41, 5.74) is 1.98. The first kappa shape index (κ1) is 17.4. The molecule has 4 rings (SSSR count). The molecule has 5 nitrogen and oxygen atoms in total. The number of benzene rings is 2. The molecule has 0 aliphatic heterocycles. The number of carbonyl (C=O) groups is 1. The number of carbonyl (C=O) groups excluding carboxylic acids is 1. The van der Waals surface area contributed by atoms with Crippen LogP contribution in [0.2, 0.25) is 0 Å². The van der Waals surface area contributed by atoms with Crippen LogP contribution in [-0.2, 0) is 24.2 Å². The van der Waals surface area contributed by atoms with Crippen molar-refractivity contribution >= 4 is 33.8 Å². The van der Waals surface area contributed by atoms with Gasteiger partial charge in [-0.3, -0.25) is 4.79 Å². The predicted molar refractivity (Wildman–Crippen MR) is 109 cm³/mol. The summed E-state index contributed by atoms with van der Waals surface area (Å²) in [6, 6.07) is 16.3. The van der Waals surface area contributed by atoms with Crippen molar-refractivity contribution in [2.75, 3.05) is 5.32 Å². The van der Waals surface area contributed by atoms with Crippen molar-refractivity contribution in [2.45, 2.75) is 26.3 Å². The van der Waals surface area contributed by atoms with Gasteiger partial charge in [0.25, 0.3) is 0 Å². The predicted octanol–water partition coefficient (Wildman–Crippen LogP) is 4.28. The van der Waals surface area contributed by atoms with E-state index in [4.69, 9.17) is 0 Å². The SMILES string of the molecule is CCc1nc(CC(=O)Nc2ccnn2Cc2cccc3ccccc23)cs1. The lowest BCUT2D eigenvalue weighted by atomic mass is 10.0. The van der Waals surface area contributed by atoms with Crippen LogP contribution < -0.4 is 5.32 Å². The van der Waals surface area contributed by atoms with E-state index in [1.54, 1.807) is 17.5 Å². The van der Waals surface area contributed by atoms with Crippen LogP contribution in [0.15, 0.2) is 60.1 Å². The number of thiazole rings is 1. The number of hydrogen-bond donors (Lipinski definition) is 1. The van der Waals surface area contributed by atoms with Crippen molar-refractivity contribution in [1.29, 1.82) is 0 Å². The summed E-state index contributed by atoms with van der Waals surface area (Å²) in [5, 5.41) is 12.7. The fourth-order valence-corrected chi connectivity index (χ4v) is 3.85. The molecule has 0 spiro atoms. The van der Waals surface area contributed by atoms with Crippen molar-refractivity contribution in [3.05, 3.63) is 76.4 Å². The van der Waals surface area contributed by atoms with E-state index in [0.29, 0.717) is 12.4 Å². The Morgan fingerprint density at radius 3 is 2.85 bits per heavy atom. The highest BCUT2D eigenvalue weighted by molar-refractivity contribution is 7.09. The first-order valence-electron chi connectivity index (χ1n) is 8.94. The molecule has 4 aromatic rings. The largest absolute Gasteiger partial charge is 0.311 e. The normalized spacial score (nSPS) is 11.0. The molecule has 2 aromatic carbocycles. The number of fused-ring (bicyclic) bond motifs is 1. The molecule has 0 saturated carbocycles. The zero-order chi connectivity index (χ0) is 18.6. The minimum Gasteiger partial charge on any atom is -0.311 e. The third-order valence-corrected chi connectivity index (χ3v) is 5.47. The second-order valence-corrected chi connectivity index (χ2v) is 7.27. The molecule has 0 radical (unpaired) electrons. The molecule has 0 unspecified atom stereocenters. The van der Waals surface area contributed by atoms with Crippen LogP contribution in [0.25, 0.3) is 10.8 Å². The first-order valence-corrected chi connectivity index (χ1v) is 9.82. The fourth-order valence-electron chi connectivity index (χ4n) is 3.10. The maximum absolute atomic E-state index is 12.4. The lowest BCUT2D eigenvalue weighted by molar-refractivity contribution is -0.115.